The number of carbonyl (C=O) groups excluding carboxylic acids is 2. The fourth-order valence-corrected chi connectivity index (χ4v) is 2.86. The maximum absolute atomic E-state index is 12.3. The van der Waals surface area contributed by atoms with Gasteiger partial charge in [-0.1, -0.05) is 6.92 Å². The van der Waals surface area contributed by atoms with Gasteiger partial charge in [-0.3, -0.25) is 9.59 Å². The van der Waals surface area contributed by atoms with Crippen molar-refractivity contribution in [3.63, 3.8) is 0 Å². The van der Waals surface area contributed by atoms with Gasteiger partial charge in [0.2, 0.25) is 0 Å². The van der Waals surface area contributed by atoms with Crippen molar-refractivity contribution in [3.05, 3.63) is 0 Å². The molecule has 118 valence electrons. The lowest BCUT2D eigenvalue weighted by molar-refractivity contribution is -0.146. The molecule has 0 spiro atoms. The maximum atomic E-state index is 12.3. The number of piperidine rings is 1. The molecule has 2 amide bonds. The molecule has 2 aliphatic rings. The number of likely N-dealkylation sites (tertiary alicyclic amines) is 2. The minimum absolute atomic E-state index is 0.0408. The Morgan fingerprint density at radius 1 is 1.14 bits per heavy atom. The van der Waals surface area contributed by atoms with E-state index in [0.717, 1.165) is 0 Å². The molecule has 1 atom stereocenters. The highest BCUT2D eigenvalue weighted by molar-refractivity contribution is 5.77. The molecule has 0 saturated carbocycles. The van der Waals surface area contributed by atoms with Crippen molar-refractivity contribution in [2.45, 2.75) is 19.8 Å². The summed E-state index contributed by atoms with van der Waals surface area (Å²) in [5.41, 5.74) is 0. The second-order valence-electron chi connectivity index (χ2n) is 5.86. The van der Waals surface area contributed by atoms with Crippen molar-refractivity contribution in [1.29, 1.82) is 0 Å². The Morgan fingerprint density at radius 2 is 1.71 bits per heavy atom. The molecule has 2 heterocycles. The Balaban J connectivity index is 1.77. The van der Waals surface area contributed by atoms with E-state index in [4.69, 9.17) is 9.84 Å². The van der Waals surface area contributed by atoms with Crippen LogP contribution in [0.15, 0.2) is 0 Å². The normalized spacial score (nSPS) is 21.6. The number of amides is 2. The Morgan fingerprint density at radius 3 is 2.19 bits per heavy atom. The summed E-state index contributed by atoms with van der Waals surface area (Å²) in [6, 6.07) is -0.0489. The monoisotopic (exact) mass is 298 g/mol. The number of esters is 1. The molecule has 7 heteroatoms. The first-order chi connectivity index (χ1) is 9.93. The molecule has 2 aliphatic heterocycles. The molecule has 2 fully saturated rings. The van der Waals surface area contributed by atoms with Gasteiger partial charge in [0.05, 0.1) is 18.9 Å². The quantitative estimate of drug-likeness (QED) is 0.773. The SMILES string of the molecule is COC(=O)C1CCN(C(=O)N2CC(C(C)C(=O)O)C2)CC1. The van der Waals surface area contributed by atoms with Gasteiger partial charge in [0, 0.05) is 32.1 Å². The molecule has 0 aromatic rings. The number of aliphatic carboxylic acids is 1. The highest BCUT2D eigenvalue weighted by Gasteiger charge is 2.39. The zero-order chi connectivity index (χ0) is 15.6. The van der Waals surface area contributed by atoms with Crippen LogP contribution in [0.1, 0.15) is 19.8 Å². The first kappa shape index (κ1) is 15.6. The molecule has 2 saturated heterocycles. The van der Waals surface area contributed by atoms with Gasteiger partial charge < -0.3 is 19.6 Å². The fourth-order valence-electron chi connectivity index (χ4n) is 2.86. The molecule has 0 aromatic carbocycles. The number of carboxylic acids is 1. The van der Waals surface area contributed by atoms with Gasteiger partial charge in [-0.2, -0.15) is 0 Å². The predicted molar refractivity (Wildman–Crippen MR) is 73.6 cm³/mol. The molecule has 0 aromatic heterocycles. The average Bonchev–Trinajstić information content (AvgIpc) is 2.44. The van der Waals surface area contributed by atoms with Crippen LogP contribution in [0.3, 0.4) is 0 Å². The second-order valence-corrected chi connectivity index (χ2v) is 5.86. The molecule has 2 rings (SSSR count). The summed E-state index contributed by atoms with van der Waals surface area (Å²) < 4.78 is 4.72. The Labute approximate surface area is 123 Å². The van der Waals surface area contributed by atoms with Crippen LogP contribution in [0.2, 0.25) is 0 Å². The van der Waals surface area contributed by atoms with Crippen molar-refractivity contribution in [2.75, 3.05) is 33.3 Å². The first-order valence-corrected chi connectivity index (χ1v) is 7.28. The molecular weight excluding hydrogens is 276 g/mol. The zero-order valence-electron chi connectivity index (χ0n) is 12.4. The lowest BCUT2D eigenvalue weighted by atomic mass is 9.87. The molecule has 1 unspecified atom stereocenters. The van der Waals surface area contributed by atoms with Crippen LogP contribution in [0.5, 0.6) is 0 Å². The van der Waals surface area contributed by atoms with E-state index in [2.05, 4.69) is 0 Å². The van der Waals surface area contributed by atoms with Crippen molar-refractivity contribution in [1.82, 2.24) is 9.80 Å². The van der Waals surface area contributed by atoms with Gasteiger partial charge in [0.15, 0.2) is 0 Å². The summed E-state index contributed by atoms with van der Waals surface area (Å²) >= 11 is 0. The summed E-state index contributed by atoms with van der Waals surface area (Å²) in [4.78, 5) is 38.0. The van der Waals surface area contributed by atoms with E-state index in [-0.39, 0.29) is 23.8 Å². The molecule has 1 N–H and O–H groups in total. The molecule has 7 nitrogen and oxygen atoms in total. The number of rotatable bonds is 3. The Hall–Kier alpha value is -1.79. The highest BCUT2D eigenvalue weighted by Crippen LogP contribution is 2.27. The lowest BCUT2D eigenvalue weighted by Gasteiger charge is -2.44. The largest absolute Gasteiger partial charge is 0.481 e. The standard InChI is InChI=1S/C14H22N2O5/c1-9(12(17)18)11-7-16(8-11)14(20)15-5-3-10(4-6-15)13(19)21-2/h9-11H,3-8H2,1-2H3,(H,17,18). The minimum atomic E-state index is -0.814. The van der Waals surface area contributed by atoms with Gasteiger partial charge in [0.25, 0.3) is 0 Å². The minimum Gasteiger partial charge on any atom is -0.481 e. The van der Waals surface area contributed by atoms with Crippen molar-refractivity contribution in [2.24, 2.45) is 17.8 Å². The van der Waals surface area contributed by atoms with E-state index in [0.29, 0.717) is 39.0 Å². The van der Waals surface area contributed by atoms with E-state index in [1.165, 1.54) is 7.11 Å². The van der Waals surface area contributed by atoms with Gasteiger partial charge in [-0.25, -0.2) is 4.79 Å². The fraction of sp³-hybridized carbons (Fsp3) is 0.786. The highest BCUT2D eigenvalue weighted by atomic mass is 16.5. The van der Waals surface area contributed by atoms with E-state index in [1.807, 2.05) is 0 Å². The van der Waals surface area contributed by atoms with E-state index in [9.17, 15) is 14.4 Å². The van der Waals surface area contributed by atoms with E-state index in [1.54, 1.807) is 16.7 Å². The number of nitrogens with zero attached hydrogens (tertiary/aromatic N) is 2. The van der Waals surface area contributed by atoms with Crippen molar-refractivity contribution in [3.8, 4) is 0 Å². The van der Waals surface area contributed by atoms with Crippen molar-refractivity contribution < 1.29 is 24.2 Å². The number of carbonyl (C=O) groups is 3. The Bertz CT molecular complexity index is 425. The third-order valence-corrected chi connectivity index (χ3v) is 4.58. The number of methoxy groups -OCH3 is 1. The zero-order valence-corrected chi connectivity index (χ0v) is 12.4. The maximum Gasteiger partial charge on any atom is 0.320 e. The van der Waals surface area contributed by atoms with Gasteiger partial charge in [-0.05, 0) is 12.8 Å². The van der Waals surface area contributed by atoms with Crippen LogP contribution >= 0.6 is 0 Å². The summed E-state index contributed by atoms with van der Waals surface area (Å²) in [6.07, 6.45) is 1.25. The van der Waals surface area contributed by atoms with Crippen molar-refractivity contribution >= 4 is 18.0 Å². The summed E-state index contributed by atoms with van der Waals surface area (Å²) in [7, 11) is 1.38. The molecule has 0 bridgehead atoms. The number of hydrogen-bond acceptors (Lipinski definition) is 4. The van der Waals surface area contributed by atoms with Gasteiger partial charge in [-0.15, -0.1) is 0 Å². The summed E-state index contributed by atoms with van der Waals surface area (Å²) in [5.74, 6) is -1.51. The average molecular weight is 298 g/mol. The molecular formula is C14H22N2O5. The van der Waals surface area contributed by atoms with Gasteiger partial charge >= 0.3 is 18.0 Å². The summed E-state index contributed by atoms with van der Waals surface area (Å²) in [5, 5.41) is 8.94. The van der Waals surface area contributed by atoms with E-state index < -0.39 is 11.9 Å². The van der Waals surface area contributed by atoms with Crippen LogP contribution in [0.4, 0.5) is 4.79 Å². The third kappa shape index (κ3) is 3.28. The van der Waals surface area contributed by atoms with Crippen LogP contribution in [-0.4, -0.2) is 66.2 Å². The number of carboxylic acid groups (broad SMARTS) is 1. The number of urea groups is 1. The second kappa shape index (κ2) is 6.32. The lowest BCUT2D eigenvalue weighted by Crippen LogP contribution is -2.58. The number of ether oxygens (including phenoxy) is 1. The van der Waals surface area contributed by atoms with Crippen LogP contribution in [-0.2, 0) is 14.3 Å². The Kier molecular flexibility index (Phi) is 4.69. The molecule has 0 radical (unpaired) electrons. The molecule has 21 heavy (non-hydrogen) atoms. The predicted octanol–water partition coefficient (Wildman–Crippen LogP) is 0.644. The summed E-state index contributed by atoms with van der Waals surface area (Å²) in [6.45, 7) is 3.78. The van der Waals surface area contributed by atoms with Crippen LogP contribution < -0.4 is 0 Å². The first-order valence-electron chi connectivity index (χ1n) is 7.28. The third-order valence-electron chi connectivity index (χ3n) is 4.58. The van der Waals surface area contributed by atoms with Crippen LogP contribution in [0.25, 0.3) is 0 Å². The topological polar surface area (TPSA) is 87.2 Å². The molecule has 0 aliphatic carbocycles. The van der Waals surface area contributed by atoms with E-state index >= 15 is 0 Å². The number of hydrogen-bond donors (Lipinski definition) is 1. The smallest absolute Gasteiger partial charge is 0.320 e. The van der Waals surface area contributed by atoms with Gasteiger partial charge in [0.1, 0.15) is 0 Å². The van der Waals surface area contributed by atoms with Crippen LogP contribution in [0, 0.1) is 17.8 Å².